The van der Waals surface area contributed by atoms with Crippen molar-refractivity contribution in [1.29, 1.82) is 0 Å². The van der Waals surface area contributed by atoms with Gasteiger partial charge in [-0.2, -0.15) is 0 Å². The predicted octanol–water partition coefficient (Wildman–Crippen LogP) is 2.21. The zero-order chi connectivity index (χ0) is 21.8. The van der Waals surface area contributed by atoms with E-state index in [1.54, 1.807) is 13.8 Å². The molecule has 8 heteroatoms. The summed E-state index contributed by atoms with van der Waals surface area (Å²) in [5, 5.41) is 0. The summed E-state index contributed by atoms with van der Waals surface area (Å²) in [6.45, 7) is 10.2. The second-order valence-electron chi connectivity index (χ2n) is 8.05. The molecule has 0 bridgehead atoms. The molecule has 160 valence electrons. The molecule has 0 amide bonds. The fourth-order valence-electron chi connectivity index (χ4n) is 3.83. The van der Waals surface area contributed by atoms with Gasteiger partial charge in [-0.25, -0.2) is 0 Å². The topological polar surface area (TPSA) is 78.9 Å². The van der Waals surface area contributed by atoms with Gasteiger partial charge in [0.15, 0.2) is 0 Å². The average Bonchev–Trinajstić information content (AvgIpc) is 3.36. The molecule has 0 heterocycles. The van der Waals surface area contributed by atoms with Gasteiger partial charge in [-0.15, -0.1) is 0 Å². The van der Waals surface area contributed by atoms with E-state index in [4.69, 9.17) is 14.2 Å². The molecular formula is C21H30O6SeSi. The van der Waals surface area contributed by atoms with Crippen LogP contribution in [0.15, 0.2) is 30.3 Å². The summed E-state index contributed by atoms with van der Waals surface area (Å²) < 4.78 is 16.8. The van der Waals surface area contributed by atoms with Crippen molar-refractivity contribution in [2.24, 2.45) is 17.3 Å². The van der Waals surface area contributed by atoms with E-state index in [9.17, 15) is 14.4 Å². The zero-order valence-corrected chi connectivity index (χ0v) is 20.6. The molecule has 1 aromatic rings. The van der Waals surface area contributed by atoms with Crippen molar-refractivity contribution >= 4 is 45.4 Å². The molecule has 0 unspecified atom stereocenters. The molecule has 0 aliphatic heterocycles. The Balaban J connectivity index is 2.56. The molecule has 1 fully saturated rings. The first kappa shape index (κ1) is 23.6. The quantitative estimate of drug-likeness (QED) is 0.231. The first-order valence-corrected chi connectivity index (χ1v) is 15.2. The van der Waals surface area contributed by atoms with Crippen molar-refractivity contribution in [3.05, 3.63) is 30.3 Å². The van der Waals surface area contributed by atoms with Crippen LogP contribution >= 0.6 is 0 Å². The van der Waals surface area contributed by atoms with E-state index in [0.29, 0.717) is 0 Å². The molecule has 1 aliphatic carbocycles. The second-order valence-corrected chi connectivity index (χ2v) is 16.9. The van der Waals surface area contributed by atoms with E-state index in [1.807, 2.05) is 18.2 Å². The fraction of sp³-hybridized carbons (Fsp3) is 0.571. The number of rotatable bonds is 9. The Labute approximate surface area is 179 Å². The Morgan fingerprint density at radius 3 is 1.97 bits per heavy atom. The summed E-state index contributed by atoms with van der Waals surface area (Å²) in [6.07, 6.45) is 0. The number of methoxy groups -OCH3 is 1. The Bertz CT molecular complexity index is 727. The molecule has 2 rings (SSSR count). The number of hydrogen-bond donors (Lipinski definition) is 0. The molecule has 1 saturated carbocycles. The van der Waals surface area contributed by atoms with Gasteiger partial charge in [-0.05, 0) is 0 Å². The molecule has 0 aromatic heterocycles. The summed E-state index contributed by atoms with van der Waals surface area (Å²) in [5.74, 6) is -3.24. The summed E-state index contributed by atoms with van der Waals surface area (Å²) in [5.41, 5.74) is -1.61. The number of ether oxygens (including phenoxy) is 3. The minimum atomic E-state index is -1.89. The first-order valence-electron chi connectivity index (χ1n) is 9.80. The maximum absolute atomic E-state index is 13.1. The van der Waals surface area contributed by atoms with Gasteiger partial charge < -0.3 is 0 Å². The van der Waals surface area contributed by atoms with E-state index in [2.05, 4.69) is 31.8 Å². The standard InChI is InChI=1S/C21H30O6SeSi/c1-7-26-19(23)21(20(24)27-8-2)15(17(22)25-3)16(21)18(29(4,5)6)28-14-12-10-9-11-13-14/h9-13,15-16,18H,7-8H2,1-6H3/t15-,16+,18+/m1/s1. The van der Waals surface area contributed by atoms with Crippen LogP contribution in [0.5, 0.6) is 0 Å². The molecule has 0 saturated heterocycles. The van der Waals surface area contributed by atoms with E-state index < -0.39 is 43.2 Å². The molecule has 0 radical (unpaired) electrons. The van der Waals surface area contributed by atoms with Crippen molar-refractivity contribution in [2.75, 3.05) is 20.3 Å². The maximum atomic E-state index is 13.1. The van der Waals surface area contributed by atoms with E-state index in [1.165, 1.54) is 11.6 Å². The van der Waals surface area contributed by atoms with Crippen molar-refractivity contribution in [3.63, 3.8) is 0 Å². The second kappa shape index (κ2) is 9.45. The van der Waals surface area contributed by atoms with Crippen LogP contribution in [0.1, 0.15) is 13.8 Å². The Hall–Kier alpha value is -1.63. The van der Waals surface area contributed by atoms with Crippen LogP contribution in [0.2, 0.25) is 24.1 Å². The summed E-state index contributed by atoms with van der Waals surface area (Å²) in [6, 6.07) is 10.0. The van der Waals surface area contributed by atoms with Crippen molar-refractivity contribution in [3.8, 4) is 0 Å². The van der Waals surface area contributed by atoms with Crippen molar-refractivity contribution in [1.82, 2.24) is 0 Å². The van der Waals surface area contributed by atoms with Gasteiger partial charge in [0.25, 0.3) is 0 Å². The normalized spacial score (nSPS) is 21.0. The van der Waals surface area contributed by atoms with Crippen molar-refractivity contribution < 1.29 is 28.6 Å². The number of hydrogen-bond acceptors (Lipinski definition) is 6. The molecule has 3 atom stereocenters. The number of esters is 3. The third-order valence-corrected chi connectivity index (χ3v) is 14.6. The molecule has 0 N–H and O–H groups in total. The van der Waals surface area contributed by atoms with E-state index in [-0.39, 0.29) is 32.6 Å². The van der Waals surface area contributed by atoms with Gasteiger partial charge >= 0.3 is 180 Å². The minimum absolute atomic E-state index is 0.0244. The molecule has 1 aliphatic rings. The van der Waals surface area contributed by atoms with Gasteiger partial charge in [0.2, 0.25) is 0 Å². The Morgan fingerprint density at radius 2 is 1.55 bits per heavy atom. The third-order valence-electron chi connectivity index (χ3n) is 5.13. The zero-order valence-electron chi connectivity index (χ0n) is 17.9. The van der Waals surface area contributed by atoms with E-state index >= 15 is 0 Å². The summed E-state index contributed by atoms with van der Waals surface area (Å²) in [7, 11) is -0.610. The Morgan fingerprint density at radius 1 is 1.03 bits per heavy atom. The van der Waals surface area contributed by atoms with Crippen LogP contribution in [0.4, 0.5) is 0 Å². The molecule has 29 heavy (non-hydrogen) atoms. The Kier molecular flexibility index (Phi) is 7.71. The van der Waals surface area contributed by atoms with E-state index in [0.717, 1.165) is 0 Å². The molecule has 1 aromatic carbocycles. The summed E-state index contributed by atoms with van der Waals surface area (Å²) >= 11 is -0.0244. The van der Waals surface area contributed by atoms with Crippen LogP contribution in [-0.2, 0) is 28.6 Å². The summed E-state index contributed by atoms with van der Waals surface area (Å²) in [4.78, 5) is 38.8. The van der Waals surface area contributed by atoms with Gasteiger partial charge in [0.1, 0.15) is 0 Å². The number of benzene rings is 1. The predicted molar refractivity (Wildman–Crippen MR) is 114 cm³/mol. The van der Waals surface area contributed by atoms with Crippen LogP contribution in [0, 0.1) is 17.3 Å². The monoisotopic (exact) mass is 486 g/mol. The van der Waals surface area contributed by atoms with Crippen LogP contribution in [0.3, 0.4) is 0 Å². The SMILES string of the molecule is CCOC(=O)C1(C(=O)OCC)[C@H]([C@@H]([Se]c2ccccc2)[Si](C)(C)C)[C@@H]1C(=O)OC. The van der Waals surface area contributed by atoms with Gasteiger partial charge in [0.05, 0.1) is 0 Å². The molecular weight excluding hydrogens is 455 g/mol. The van der Waals surface area contributed by atoms with Gasteiger partial charge in [0, 0.05) is 0 Å². The fourth-order valence-corrected chi connectivity index (χ4v) is 11.0. The van der Waals surface area contributed by atoms with Crippen LogP contribution in [0.25, 0.3) is 0 Å². The van der Waals surface area contributed by atoms with Crippen LogP contribution in [-0.4, -0.2) is 61.3 Å². The average molecular weight is 486 g/mol. The van der Waals surface area contributed by atoms with Crippen molar-refractivity contribution in [2.45, 2.75) is 37.9 Å². The third kappa shape index (κ3) is 4.60. The molecule has 0 spiro atoms. The molecule has 6 nitrogen and oxygen atoms in total. The van der Waals surface area contributed by atoms with Crippen LogP contribution < -0.4 is 4.46 Å². The number of carbonyl (C=O) groups is 3. The van der Waals surface area contributed by atoms with Gasteiger partial charge in [-0.1, -0.05) is 0 Å². The number of carbonyl (C=O) groups excluding carboxylic acids is 3. The first-order chi connectivity index (χ1) is 13.7. The van der Waals surface area contributed by atoms with Gasteiger partial charge in [-0.3, -0.25) is 0 Å².